The fourth-order valence-electron chi connectivity index (χ4n) is 2.00. The van der Waals surface area contributed by atoms with Gasteiger partial charge in [-0.15, -0.1) is 11.8 Å². The van der Waals surface area contributed by atoms with E-state index in [0.717, 1.165) is 25.3 Å². The number of aromatic nitrogens is 2. The Labute approximate surface area is 119 Å². The standard InChI is InChI=1S/C15H21N3S/c1-3-11-18-13(9-10-17-18)12-16-14-7-5-6-8-15(14)19-4-2/h5-10,16H,3-4,11-12H2,1-2H3. The van der Waals surface area contributed by atoms with Crippen LogP contribution in [0.1, 0.15) is 26.0 Å². The van der Waals surface area contributed by atoms with E-state index in [-0.39, 0.29) is 0 Å². The third-order valence-electron chi connectivity index (χ3n) is 2.89. The number of nitrogens with one attached hydrogen (secondary N) is 1. The molecule has 0 unspecified atom stereocenters. The number of hydrogen-bond acceptors (Lipinski definition) is 3. The zero-order chi connectivity index (χ0) is 13.5. The number of aryl methyl sites for hydroxylation is 1. The average molecular weight is 275 g/mol. The summed E-state index contributed by atoms with van der Waals surface area (Å²) in [5.74, 6) is 1.09. The lowest BCUT2D eigenvalue weighted by Gasteiger charge is -2.12. The van der Waals surface area contributed by atoms with Gasteiger partial charge in [0.25, 0.3) is 0 Å². The molecule has 0 saturated heterocycles. The Morgan fingerprint density at radius 2 is 2.05 bits per heavy atom. The molecule has 1 N–H and O–H groups in total. The lowest BCUT2D eigenvalue weighted by atomic mass is 10.3. The Bertz CT molecular complexity index is 508. The lowest BCUT2D eigenvalue weighted by molar-refractivity contribution is 0.578. The molecule has 1 aromatic heterocycles. The number of nitrogens with zero attached hydrogens (tertiary/aromatic N) is 2. The van der Waals surface area contributed by atoms with Gasteiger partial charge < -0.3 is 5.32 Å². The number of anilines is 1. The van der Waals surface area contributed by atoms with E-state index in [0.29, 0.717) is 0 Å². The molecule has 0 saturated carbocycles. The Morgan fingerprint density at radius 1 is 1.21 bits per heavy atom. The first-order valence-electron chi connectivity index (χ1n) is 6.81. The van der Waals surface area contributed by atoms with Crippen molar-refractivity contribution in [3.63, 3.8) is 0 Å². The predicted molar refractivity (Wildman–Crippen MR) is 82.7 cm³/mol. The fourth-order valence-corrected chi connectivity index (χ4v) is 2.78. The van der Waals surface area contributed by atoms with Crippen LogP contribution in [0.2, 0.25) is 0 Å². The molecule has 0 atom stereocenters. The second kappa shape index (κ2) is 7.24. The van der Waals surface area contributed by atoms with Crippen LogP contribution in [0.25, 0.3) is 0 Å². The minimum Gasteiger partial charge on any atom is -0.378 e. The number of rotatable bonds is 7. The van der Waals surface area contributed by atoms with Crippen LogP contribution in [0.15, 0.2) is 41.4 Å². The summed E-state index contributed by atoms with van der Waals surface area (Å²) in [6.45, 7) is 6.15. The highest BCUT2D eigenvalue weighted by molar-refractivity contribution is 7.99. The van der Waals surface area contributed by atoms with E-state index in [4.69, 9.17) is 0 Å². The number of hydrogen-bond donors (Lipinski definition) is 1. The molecule has 0 aliphatic carbocycles. The maximum atomic E-state index is 4.35. The maximum absolute atomic E-state index is 4.35. The van der Waals surface area contributed by atoms with Crippen molar-refractivity contribution in [3.8, 4) is 0 Å². The van der Waals surface area contributed by atoms with Crippen LogP contribution in [0.5, 0.6) is 0 Å². The van der Waals surface area contributed by atoms with Gasteiger partial charge in [0.1, 0.15) is 0 Å². The summed E-state index contributed by atoms with van der Waals surface area (Å²) in [6, 6.07) is 10.5. The number of benzene rings is 1. The SMILES string of the molecule is CCCn1nccc1CNc1ccccc1SCC. The summed E-state index contributed by atoms with van der Waals surface area (Å²) >= 11 is 1.87. The van der Waals surface area contributed by atoms with E-state index < -0.39 is 0 Å². The van der Waals surface area contributed by atoms with E-state index in [9.17, 15) is 0 Å². The van der Waals surface area contributed by atoms with Crippen molar-refractivity contribution in [1.82, 2.24) is 9.78 Å². The van der Waals surface area contributed by atoms with Crippen LogP contribution >= 0.6 is 11.8 Å². The Balaban J connectivity index is 2.03. The molecular weight excluding hydrogens is 254 g/mol. The molecule has 0 aliphatic rings. The van der Waals surface area contributed by atoms with Crippen molar-refractivity contribution in [2.45, 2.75) is 38.3 Å². The molecule has 0 amide bonds. The van der Waals surface area contributed by atoms with Gasteiger partial charge in [-0.2, -0.15) is 5.10 Å². The molecule has 102 valence electrons. The summed E-state index contributed by atoms with van der Waals surface area (Å²) in [4.78, 5) is 1.31. The highest BCUT2D eigenvalue weighted by atomic mass is 32.2. The zero-order valence-electron chi connectivity index (χ0n) is 11.6. The highest BCUT2D eigenvalue weighted by Gasteiger charge is 2.04. The van der Waals surface area contributed by atoms with Gasteiger partial charge in [-0.1, -0.05) is 26.0 Å². The second-order valence-electron chi connectivity index (χ2n) is 4.33. The summed E-state index contributed by atoms with van der Waals surface area (Å²) in [5.41, 5.74) is 2.44. The largest absolute Gasteiger partial charge is 0.378 e. The molecule has 19 heavy (non-hydrogen) atoms. The summed E-state index contributed by atoms with van der Waals surface area (Å²) in [5, 5.41) is 7.87. The lowest BCUT2D eigenvalue weighted by Crippen LogP contribution is -2.09. The first kappa shape index (κ1) is 14.0. The van der Waals surface area contributed by atoms with Crippen molar-refractivity contribution in [3.05, 3.63) is 42.2 Å². The van der Waals surface area contributed by atoms with Gasteiger partial charge >= 0.3 is 0 Å². The molecule has 0 fully saturated rings. The first-order chi connectivity index (χ1) is 9.35. The van der Waals surface area contributed by atoms with Crippen LogP contribution in [-0.4, -0.2) is 15.5 Å². The molecule has 0 spiro atoms. The van der Waals surface area contributed by atoms with Gasteiger partial charge in [0.15, 0.2) is 0 Å². The predicted octanol–water partition coefficient (Wildman–Crippen LogP) is 4.02. The van der Waals surface area contributed by atoms with Gasteiger partial charge in [0, 0.05) is 23.3 Å². The third-order valence-corrected chi connectivity index (χ3v) is 3.84. The molecule has 1 heterocycles. The van der Waals surface area contributed by atoms with Crippen LogP contribution in [0.3, 0.4) is 0 Å². The van der Waals surface area contributed by atoms with E-state index in [2.05, 4.69) is 59.3 Å². The van der Waals surface area contributed by atoms with Crippen LogP contribution in [0.4, 0.5) is 5.69 Å². The molecule has 1 aromatic carbocycles. The smallest absolute Gasteiger partial charge is 0.0575 e. The molecule has 2 rings (SSSR count). The average Bonchev–Trinajstić information content (AvgIpc) is 2.86. The monoisotopic (exact) mass is 275 g/mol. The fraction of sp³-hybridized carbons (Fsp3) is 0.400. The molecule has 0 radical (unpaired) electrons. The quantitative estimate of drug-likeness (QED) is 0.774. The van der Waals surface area contributed by atoms with Gasteiger partial charge in [-0.05, 0) is 30.4 Å². The number of thioether (sulfide) groups is 1. The zero-order valence-corrected chi connectivity index (χ0v) is 12.4. The minimum absolute atomic E-state index is 0.821. The van der Waals surface area contributed by atoms with E-state index >= 15 is 0 Å². The Morgan fingerprint density at radius 3 is 2.84 bits per heavy atom. The molecule has 2 aromatic rings. The first-order valence-corrected chi connectivity index (χ1v) is 7.80. The van der Waals surface area contributed by atoms with Gasteiger partial charge in [-0.25, -0.2) is 0 Å². The van der Waals surface area contributed by atoms with Crippen molar-refractivity contribution in [1.29, 1.82) is 0 Å². The minimum atomic E-state index is 0.821. The van der Waals surface area contributed by atoms with Crippen LogP contribution in [0, 0.1) is 0 Å². The molecule has 0 bridgehead atoms. The van der Waals surface area contributed by atoms with Gasteiger partial charge in [-0.3, -0.25) is 4.68 Å². The Kier molecular flexibility index (Phi) is 5.33. The van der Waals surface area contributed by atoms with E-state index in [1.807, 2.05) is 18.0 Å². The maximum Gasteiger partial charge on any atom is 0.0575 e. The Hall–Kier alpha value is -1.42. The summed E-state index contributed by atoms with van der Waals surface area (Å²) in [7, 11) is 0. The van der Waals surface area contributed by atoms with E-state index in [1.165, 1.54) is 16.3 Å². The topological polar surface area (TPSA) is 29.9 Å². The van der Waals surface area contributed by atoms with Crippen molar-refractivity contribution in [2.75, 3.05) is 11.1 Å². The van der Waals surface area contributed by atoms with Gasteiger partial charge in [0.2, 0.25) is 0 Å². The summed E-state index contributed by atoms with van der Waals surface area (Å²) < 4.78 is 2.07. The molecule has 4 heteroatoms. The van der Waals surface area contributed by atoms with Crippen molar-refractivity contribution < 1.29 is 0 Å². The summed E-state index contributed by atoms with van der Waals surface area (Å²) in [6.07, 6.45) is 2.98. The molecule has 3 nitrogen and oxygen atoms in total. The normalized spacial score (nSPS) is 10.6. The van der Waals surface area contributed by atoms with Crippen LogP contribution < -0.4 is 5.32 Å². The van der Waals surface area contributed by atoms with Gasteiger partial charge in [0.05, 0.1) is 12.2 Å². The second-order valence-corrected chi connectivity index (χ2v) is 5.63. The third kappa shape index (κ3) is 3.77. The molecule has 0 aliphatic heterocycles. The van der Waals surface area contributed by atoms with Crippen molar-refractivity contribution in [2.24, 2.45) is 0 Å². The van der Waals surface area contributed by atoms with Crippen molar-refractivity contribution >= 4 is 17.4 Å². The van der Waals surface area contributed by atoms with Crippen LogP contribution in [-0.2, 0) is 13.1 Å². The molecular formula is C15H21N3S. The van der Waals surface area contributed by atoms with E-state index in [1.54, 1.807) is 0 Å². The number of para-hydroxylation sites is 1. The highest BCUT2D eigenvalue weighted by Crippen LogP contribution is 2.26.